The first kappa shape index (κ1) is 15.2. The van der Waals surface area contributed by atoms with Crippen molar-refractivity contribution >= 4 is 17.2 Å². The van der Waals surface area contributed by atoms with Crippen LogP contribution in [0.3, 0.4) is 0 Å². The zero-order valence-corrected chi connectivity index (χ0v) is 13.1. The summed E-state index contributed by atoms with van der Waals surface area (Å²) in [6.45, 7) is 1.55. The minimum Gasteiger partial charge on any atom is -0.351 e. The zero-order valence-electron chi connectivity index (χ0n) is 12.3. The summed E-state index contributed by atoms with van der Waals surface area (Å²) in [7, 11) is 0. The number of halogens is 1. The van der Waals surface area contributed by atoms with Crippen LogP contribution in [-0.4, -0.2) is 23.9 Å². The number of carbonyl (C=O) groups excluding carboxylic acids is 1. The number of nitrogens with zero attached hydrogens (tertiary/aromatic N) is 1. The number of benzene rings is 1. The molecule has 1 aromatic carbocycles. The zero-order chi connectivity index (χ0) is 15.4. The Kier molecular flexibility index (Phi) is 4.85. The van der Waals surface area contributed by atoms with E-state index in [2.05, 4.69) is 27.7 Å². The van der Waals surface area contributed by atoms with E-state index in [0.29, 0.717) is 18.2 Å². The molecule has 1 aliphatic rings. The molecule has 1 fully saturated rings. The number of likely N-dealkylation sites (tertiary alicyclic amines) is 1. The summed E-state index contributed by atoms with van der Waals surface area (Å²) >= 11 is 1.74. The van der Waals surface area contributed by atoms with E-state index < -0.39 is 0 Å². The molecule has 116 valence electrons. The van der Waals surface area contributed by atoms with E-state index in [-0.39, 0.29) is 18.3 Å². The summed E-state index contributed by atoms with van der Waals surface area (Å²) in [4.78, 5) is 15.7. The lowest BCUT2D eigenvalue weighted by molar-refractivity contribution is -0.122. The Labute approximate surface area is 133 Å². The molecule has 1 atom stereocenters. The van der Waals surface area contributed by atoms with Crippen LogP contribution in [0.15, 0.2) is 41.8 Å². The SMILES string of the molecule is O=C(CN1CCC[C@@H]1c1cccs1)NCc1ccccc1F. The topological polar surface area (TPSA) is 32.3 Å². The standard InChI is InChI=1S/C17H19FN2OS/c18-14-6-2-1-5-13(14)11-19-17(21)12-20-9-3-7-15(20)16-8-4-10-22-16/h1-2,4-6,8,10,15H,3,7,9,11-12H2,(H,19,21)/t15-/m1/s1. The number of nitrogens with one attached hydrogen (secondary N) is 1. The van der Waals surface area contributed by atoms with Gasteiger partial charge in [-0.05, 0) is 36.9 Å². The Bertz CT molecular complexity index is 629. The molecule has 0 saturated carbocycles. The van der Waals surface area contributed by atoms with Gasteiger partial charge in [-0.15, -0.1) is 11.3 Å². The van der Waals surface area contributed by atoms with Crippen LogP contribution >= 0.6 is 11.3 Å². The highest BCUT2D eigenvalue weighted by atomic mass is 32.1. The monoisotopic (exact) mass is 318 g/mol. The van der Waals surface area contributed by atoms with E-state index in [1.54, 1.807) is 29.5 Å². The van der Waals surface area contributed by atoms with Crippen molar-refractivity contribution in [1.29, 1.82) is 0 Å². The summed E-state index contributed by atoms with van der Waals surface area (Å²) in [5.41, 5.74) is 0.520. The van der Waals surface area contributed by atoms with Gasteiger partial charge < -0.3 is 5.32 Å². The Balaban J connectivity index is 1.54. The second-order valence-electron chi connectivity index (χ2n) is 5.51. The number of hydrogen-bond donors (Lipinski definition) is 1. The van der Waals surface area contributed by atoms with Crippen LogP contribution in [0.2, 0.25) is 0 Å². The molecule has 1 aromatic heterocycles. The van der Waals surface area contributed by atoms with Crippen molar-refractivity contribution in [2.75, 3.05) is 13.1 Å². The molecule has 3 rings (SSSR count). The summed E-state index contributed by atoms with van der Waals surface area (Å²) in [6.07, 6.45) is 2.21. The molecule has 0 bridgehead atoms. The highest BCUT2D eigenvalue weighted by Gasteiger charge is 2.28. The van der Waals surface area contributed by atoms with Gasteiger partial charge in [0.1, 0.15) is 5.82 Å². The lowest BCUT2D eigenvalue weighted by atomic mass is 10.2. The molecule has 0 aliphatic carbocycles. The Morgan fingerprint density at radius 3 is 2.95 bits per heavy atom. The van der Waals surface area contributed by atoms with Crippen LogP contribution in [0.4, 0.5) is 4.39 Å². The van der Waals surface area contributed by atoms with E-state index in [1.165, 1.54) is 10.9 Å². The van der Waals surface area contributed by atoms with Gasteiger partial charge in [-0.2, -0.15) is 0 Å². The molecule has 1 aliphatic heterocycles. The maximum absolute atomic E-state index is 13.5. The molecular weight excluding hydrogens is 299 g/mol. The molecule has 0 spiro atoms. The first-order valence-corrected chi connectivity index (χ1v) is 8.39. The number of rotatable bonds is 5. The van der Waals surface area contributed by atoms with Crippen LogP contribution in [-0.2, 0) is 11.3 Å². The third kappa shape index (κ3) is 3.54. The Hall–Kier alpha value is -1.72. The van der Waals surface area contributed by atoms with Gasteiger partial charge in [0.15, 0.2) is 0 Å². The molecular formula is C17H19FN2OS. The second kappa shape index (κ2) is 7.03. The minimum absolute atomic E-state index is 0.0493. The molecule has 2 aromatic rings. The highest BCUT2D eigenvalue weighted by molar-refractivity contribution is 7.10. The van der Waals surface area contributed by atoms with Gasteiger partial charge in [0.2, 0.25) is 5.91 Å². The predicted octanol–water partition coefficient (Wildman–Crippen LogP) is 3.34. The smallest absolute Gasteiger partial charge is 0.234 e. The van der Waals surface area contributed by atoms with Gasteiger partial charge in [0.05, 0.1) is 6.54 Å². The van der Waals surface area contributed by atoms with E-state index in [0.717, 1.165) is 19.4 Å². The van der Waals surface area contributed by atoms with Crippen molar-refractivity contribution in [3.8, 4) is 0 Å². The number of hydrogen-bond acceptors (Lipinski definition) is 3. The molecule has 0 unspecified atom stereocenters. The maximum Gasteiger partial charge on any atom is 0.234 e. The molecule has 1 amide bonds. The van der Waals surface area contributed by atoms with Crippen molar-refractivity contribution < 1.29 is 9.18 Å². The second-order valence-corrected chi connectivity index (χ2v) is 6.49. The third-order valence-corrected chi connectivity index (χ3v) is 4.99. The van der Waals surface area contributed by atoms with Crippen molar-refractivity contribution in [3.63, 3.8) is 0 Å². The summed E-state index contributed by atoms with van der Waals surface area (Å²) < 4.78 is 13.5. The van der Waals surface area contributed by atoms with Gasteiger partial charge in [0.25, 0.3) is 0 Å². The van der Waals surface area contributed by atoms with E-state index in [4.69, 9.17) is 0 Å². The molecule has 0 radical (unpaired) electrons. The van der Waals surface area contributed by atoms with Crippen molar-refractivity contribution in [3.05, 3.63) is 58.0 Å². The van der Waals surface area contributed by atoms with Crippen LogP contribution in [0.25, 0.3) is 0 Å². The molecule has 1 saturated heterocycles. The summed E-state index contributed by atoms with van der Waals surface area (Å²) in [5, 5.41) is 4.89. The molecule has 5 heteroatoms. The average Bonchev–Trinajstić information content (AvgIpc) is 3.17. The van der Waals surface area contributed by atoms with Crippen LogP contribution in [0.5, 0.6) is 0 Å². The van der Waals surface area contributed by atoms with Crippen LogP contribution in [0.1, 0.15) is 29.3 Å². The molecule has 22 heavy (non-hydrogen) atoms. The predicted molar refractivity (Wildman–Crippen MR) is 86.1 cm³/mol. The molecule has 3 nitrogen and oxygen atoms in total. The fourth-order valence-corrected chi connectivity index (χ4v) is 3.79. The largest absolute Gasteiger partial charge is 0.351 e. The summed E-state index contributed by atoms with van der Waals surface area (Å²) in [6, 6.07) is 11.1. The van der Waals surface area contributed by atoms with Gasteiger partial charge in [0, 0.05) is 23.0 Å². The highest BCUT2D eigenvalue weighted by Crippen LogP contribution is 2.33. The normalized spacial score (nSPS) is 18.5. The average molecular weight is 318 g/mol. The van der Waals surface area contributed by atoms with Gasteiger partial charge in [-0.1, -0.05) is 24.3 Å². The number of amides is 1. The van der Waals surface area contributed by atoms with E-state index >= 15 is 0 Å². The third-order valence-electron chi connectivity index (χ3n) is 4.02. The first-order valence-electron chi connectivity index (χ1n) is 7.51. The van der Waals surface area contributed by atoms with Crippen molar-refractivity contribution in [2.45, 2.75) is 25.4 Å². The minimum atomic E-state index is -0.277. The van der Waals surface area contributed by atoms with Crippen molar-refractivity contribution in [1.82, 2.24) is 10.2 Å². The molecule has 1 N–H and O–H groups in total. The lowest BCUT2D eigenvalue weighted by Crippen LogP contribution is -2.36. The molecule has 2 heterocycles. The van der Waals surface area contributed by atoms with Gasteiger partial charge in [-0.25, -0.2) is 4.39 Å². The van der Waals surface area contributed by atoms with Crippen LogP contribution in [0, 0.1) is 5.82 Å². The fourth-order valence-electron chi connectivity index (χ4n) is 2.89. The van der Waals surface area contributed by atoms with Gasteiger partial charge in [-0.3, -0.25) is 9.69 Å². The summed E-state index contributed by atoms with van der Waals surface area (Å²) in [5.74, 6) is -0.327. The van der Waals surface area contributed by atoms with Gasteiger partial charge >= 0.3 is 0 Å². The number of thiophene rings is 1. The maximum atomic E-state index is 13.5. The Morgan fingerprint density at radius 2 is 2.18 bits per heavy atom. The van der Waals surface area contributed by atoms with E-state index in [9.17, 15) is 9.18 Å². The van der Waals surface area contributed by atoms with Crippen LogP contribution < -0.4 is 5.32 Å². The lowest BCUT2D eigenvalue weighted by Gasteiger charge is -2.22. The fraction of sp³-hybridized carbons (Fsp3) is 0.353. The quantitative estimate of drug-likeness (QED) is 0.917. The Morgan fingerprint density at radius 1 is 1.32 bits per heavy atom. The van der Waals surface area contributed by atoms with E-state index in [1.807, 2.05) is 0 Å². The van der Waals surface area contributed by atoms with Crippen molar-refractivity contribution in [2.24, 2.45) is 0 Å². The first-order chi connectivity index (χ1) is 10.7. The number of carbonyl (C=O) groups is 1.